The van der Waals surface area contributed by atoms with E-state index in [1.54, 1.807) is 12.1 Å². The van der Waals surface area contributed by atoms with Crippen molar-refractivity contribution in [2.75, 3.05) is 26.2 Å². The first-order valence-corrected chi connectivity index (χ1v) is 9.18. The van der Waals surface area contributed by atoms with E-state index >= 15 is 0 Å². The van der Waals surface area contributed by atoms with Gasteiger partial charge in [0.2, 0.25) is 10.0 Å². The third-order valence-corrected chi connectivity index (χ3v) is 5.34. The number of sulfonamides is 1. The third kappa shape index (κ3) is 5.77. The topological polar surface area (TPSA) is 49.4 Å². The summed E-state index contributed by atoms with van der Waals surface area (Å²) >= 11 is 0. The van der Waals surface area contributed by atoms with Crippen LogP contribution in [0.5, 0.6) is 0 Å². The lowest BCUT2D eigenvalue weighted by molar-refractivity contribution is 0.297. The normalized spacial score (nSPS) is 12.0. The molecule has 21 heavy (non-hydrogen) atoms. The van der Waals surface area contributed by atoms with Crippen LogP contribution in [-0.4, -0.2) is 39.5 Å². The molecule has 0 aliphatic carbocycles. The summed E-state index contributed by atoms with van der Waals surface area (Å²) in [5.74, 6) is 0. The Morgan fingerprint density at radius 1 is 1.05 bits per heavy atom. The molecule has 0 atom stereocenters. The SMILES string of the molecule is CCN(CC)CCCCNS(=O)(=O)c1ccc(C)c(C)c1. The van der Waals surface area contributed by atoms with Gasteiger partial charge in [0.1, 0.15) is 0 Å². The van der Waals surface area contributed by atoms with E-state index in [0.29, 0.717) is 11.4 Å². The van der Waals surface area contributed by atoms with Gasteiger partial charge in [0.15, 0.2) is 0 Å². The first-order chi connectivity index (χ1) is 9.90. The minimum Gasteiger partial charge on any atom is -0.304 e. The highest BCUT2D eigenvalue weighted by atomic mass is 32.2. The second-order valence-corrected chi connectivity index (χ2v) is 7.14. The molecule has 4 nitrogen and oxygen atoms in total. The second kappa shape index (κ2) is 8.51. The zero-order chi connectivity index (χ0) is 15.9. The Kier molecular flexibility index (Phi) is 7.35. The van der Waals surface area contributed by atoms with Crippen LogP contribution in [0, 0.1) is 13.8 Å². The molecule has 0 saturated heterocycles. The predicted octanol–water partition coefficient (Wildman–Crippen LogP) is 2.70. The van der Waals surface area contributed by atoms with Gasteiger partial charge in [-0.25, -0.2) is 13.1 Å². The highest BCUT2D eigenvalue weighted by molar-refractivity contribution is 7.89. The quantitative estimate of drug-likeness (QED) is 0.713. The Labute approximate surface area is 129 Å². The summed E-state index contributed by atoms with van der Waals surface area (Å²) < 4.78 is 27.1. The molecule has 5 heteroatoms. The lowest BCUT2D eigenvalue weighted by atomic mass is 10.1. The number of aryl methyl sites for hydroxylation is 2. The number of nitrogens with one attached hydrogen (secondary N) is 1. The largest absolute Gasteiger partial charge is 0.304 e. The summed E-state index contributed by atoms with van der Waals surface area (Å²) in [6.45, 7) is 11.8. The van der Waals surface area contributed by atoms with Gasteiger partial charge >= 0.3 is 0 Å². The van der Waals surface area contributed by atoms with Gasteiger partial charge in [-0.3, -0.25) is 0 Å². The zero-order valence-electron chi connectivity index (χ0n) is 13.6. The van der Waals surface area contributed by atoms with Gasteiger partial charge in [-0.2, -0.15) is 0 Å². The number of hydrogen-bond acceptors (Lipinski definition) is 3. The molecule has 0 aliphatic rings. The van der Waals surface area contributed by atoms with E-state index in [9.17, 15) is 8.42 Å². The maximum atomic E-state index is 12.2. The van der Waals surface area contributed by atoms with Crippen molar-refractivity contribution in [1.82, 2.24) is 9.62 Å². The molecule has 120 valence electrons. The van der Waals surface area contributed by atoms with E-state index in [-0.39, 0.29) is 0 Å². The predicted molar refractivity (Wildman–Crippen MR) is 88.1 cm³/mol. The molecule has 0 aromatic heterocycles. The van der Waals surface area contributed by atoms with Gasteiger partial charge in [-0.05, 0) is 69.6 Å². The molecule has 0 saturated carbocycles. The molecule has 0 amide bonds. The summed E-state index contributed by atoms with van der Waals surface area (Å²) in [5.41, 5.74) is 2.10. The fourth-order valence-electron chi connectivity index (χ4n) is 2.17. The van der Waals surface area contributed by atoms with E-state index in [2.05, 4.69) is 23.5 Å². The number of unbranched alkanes of at least 4 members (excludes halogenated alkanes) is 1. The molecule has 1 aromatic carbocycles. The molecular weight excluding hydrogens is 284 g/mol. The van der Waals surface area contributed by atoms with E-state index in [4.69, 9.17) is 0 Å². The first-order valence-electron chi connectivity index (χ1n) is 7.70. The molecule has 0 heterocycles. The fraction of sp³-hybridized carbons (Fsp3) is 0.625. The number of nitrogens with zero attached hydrogens (tertiary/aromatic N) is 1. The monoisotopic (exact) mass is 312 g/mol. The summed E-state index contributed by atoms with van der Waals surface area (Å²) in [6, 6.07) is 5.25. The van der Waals surface area contributed by atoms with Gasteiger partial charge in [-0.15, -0.1) is 0 Å². The smallest absolute Gasteiger partial charge is 0.240 e. The fourth-order valence-corrected chi connectivity index (χ4v) is 3.33. The molecule has 0 spiro atoms. The summed E-state index contributed by atoms with van der Waals surface area (Å²) in [6.07, 6.45) is 1.87. The molecule has 0 bridgehead atoms. The van der Waals surface area contributed by atoms with Gasteiger partial charge < -0.3 is 4.90 Å². The van der Waals surface area contributed by atoms with Gasteiger partial charge in [-0.1, -0.05) is 19.9 Å². The van der Waals surface area contributed by atoms with Crippen molar-refractivity contribution in [3.05, 3.63) is 29.3 Å². The van der Waals surface area contributed by atoms with Crippen LogP contribution in [-0.2, 0) is 10.0 Å². The van der Waals surface area contributed by atoms with Crippen molar-refractivity contribution in [3.63, 3.8) is 0 Å². The van der Waals surface area contributed by atoms with Crippen LogP contribution >= 0.6 is 0 Å². The molecule has 1 rings (SSSR count). The Morgan fingerprint density at radius 2 is 1.71 bits per heavy atom. The minimum atomic E-state index is -3.37. The summed E-state index contributed by atoms with van der Waals surface area (Å²) in [7, 11) is -3.37. The second-order valence-electron chi connectivity index (χ2n) is 5.38. The Bertz CT molecular complexity index is 537. The lowest BCUT2D eigenvalue weighted by Crippen LogP contribution is -2.27. The van der Waals surface area contributed by atoms with E-state index in [1.807, 2.05) is 19.9 Å². The van der Waals surface area contributed by atoms with Crippen LogP contribution in [0.1, 0.15) is 37.8 Å². The molecular formula is C16H28N2O2S. The van der Waals surface area contributed by atoms with E-state index in [0.717, 1.165) is 43.6 Å². The molecule has 0 aliphatic heterocycles. The van der Waals surface area contributed by atoms with E-state index in [1.165, 1.54) is 0 Å². The van der Waals surface area contributed by atoms with Gasteiger partial charge in [0.25, 0.3) is 0 Å². The van der Waals surface area contributed by atoms with E-state index < -0.39 is 10.0 Å². The molecule has 0 radical (unpaired) electrons. The van der Waals surface area contributed by atoms with Crippen LogP contribution in [0.15, 0.2) is 23.1 Å². The van der Waals surface area contributed by atoms with Crippen molar-refractivity contribution in [1.29, 1.82) is 0 Å². The standard InChI is InChI=1S/C16H28N2O2S/c1-5-18(6-2)12-8-7-11-17-21(19,20)16-10-9-14(3)15(4)13-16/h9-10,13,17H,5-8,11-12H2,1-4H3. The third-order valence-electron chi connectivity index (χ3n) is 3.88. The number of hydrogen-bond donors (Lipinski definition) is 1. The Morgan fingerprint density at radius 3 is 2.29 bits per heavy atom. The molecule has 0 fully saturated rings. The van der Waals surface area contributed by atoms with Crippen LogP contribution < -0.4 is 4.72 Å². The van der Waals surface area contributed by atoms with Crippen LogP contribution in [0.25, 0.3) is 0 Å². The Hall–Kier alpha value is -0.910. The average molecular weight is 312 g/mol. The van der Waals surface area contributed by atoms with Crippen molar-refractivity contribution >= 4 is 10.0 Å². The molecule has 0 unspecified atom stereocenters. The first kappa shape index (κ1) is 18.1. The van der Waals surface area contributed by atoms with Crippen molar-refractivity contribution in [2.24, 2.45) is 0 Å². The van der Waals surface area contributed by atoms with Gasteiger partial charge in [0.05, 0.1) is 4.90 Å². The minimum absolute atomic E-state index is 0.356. The number of benzene rings is 1. The molecule has 1 N–H and O–H groups in total. The highest BCUT2D eigenvalue weighted by Gasteiger charge is 2.13. The van der Waals surface area contributed by atoms with Crippen molar-refractivity contribution in [2.45, 2.75) is 45.4 Å². The lowest BCUT2D eigenvalue weighted by Gasteiger charge is -2.17. The number of rotatable bonds is 9. The molecule has 1 aromatic rings. The zero-order valence-corrected chi connectivity index (χ0v) is 14.5. The highest BCUT2D eigenvalue weighted by Crippen LogP contribution is 2.14. The maximum Gasteiger partial charge on any atom is 0.240 e. The van der Waals surface area contributed by atoms with Crippen LogP contribution in [0.2, 0.25) is 0 Å². The summed E-state index contributed by atoms with van der Waals surface area (Å²) in [4.78, 5) is 2.70. The average Bonchev–Trinajstić information content (AvgIpc) is 2.45. The Balaban J connectivity index is 2.45. The van der Waals surface area contributed by atoms with Gasteiger partial charge in [0, 0.05) is 6.54 Å². The van der Waals surface area contributed by atoms with Crippen LogP contribution in [0.4, 0.5) is 0 Å². The van der Waals surface area contributed by atoms with Crippen molar-refractivity contribution in [3.8, 4) is 0 Å². The van der Waals surface area contributed by atoms with Crippen molar-refractivity contribution < 1.29 is 8.42 Å². The van der Waals surface area contributed by atoms with Crippen LogP contribution in [0.3, 0.4) is 0 Å². The maximum absolute atomic E-state index is 12.2. The summed E-state index contributed by atoms with van der Waals surface area (Å²) in [5, 5.41) is 0.